The lowest BCUT2D eigenvalue weighted by Gasteiger charge is -2.12. The van der Waals surface area contributed by atoms with E-state index in [1.165, 1.54) is 6.08 Å². The van der Waals surface area contributed by atoms with Crippen molar-refractivity contribution in [2.45, 2.75) is 19.9 Å². The number of aromatic nitrogens is 3. The first-order valence-electron chi connectivity index (χ1n) is 6.56. The SMILES string of the molecule is C/C(=C\C(=O)NC(C)c1nncn1C)c1ccccc1Cl. The standard InChI is InChI=1S/C15H17ClN4O/c1-10(12-6-4-5-7-13(12)16)8-14(21)18-11(2)15-19-17-9-20(15)3/h4-9,11H,1-3H3,(H,18,21)/b10-8+. The van der Waals surface area contributed by atoms with Gasteiger partial charge in [0.05, 0.1) is 6.04 Å². The van der Waals surface area contributed by atoms with Crippen molar-refractivity contribution in [3.63, 3.8) is 0 Å². The summed E-state index contributed by atoms with van der Waals surface area (Å²) in [4.78, 5) is 12.1. The maximum Gasteiger partial charge on any atom is 0.244 e. The molecule has 1 atom stereocenters. The van der Waals surface area contributed by atoms with Gasteiger partial charge in [0, 0.05) is 18.1 Å². The van der Waals surface area contributed by atoms with E-state index in [0.29, 0.717) is 10.8 Å². The van der Waals surface area contributed by atoms with Gasteiger partial charge in [-0.2, -0.15) is 0 Å². The Labute approximate surface area is 128 Å². The van der Waals surface area contributed by atoms with Gasteiger partial charge in [0.2, 0.25) is 5.91 Å². The lowest BCUT2D eigenvalue weighted by Crippen LogP contribution is -2.26. The molecule has 2 aromatic rings. The number of allylic oxidation sites excluding steroid dienone is 1. The number of carbonyl (C=O) groups excluding carboxylic acids is 1. The summed E-state index contributed by atoms with van der Waals surface area (Å²) < 4.78 is 1.77. The van der Waals surface area contributed by atoms with Crippen molar-refractivity contribution in [2.75, 3.05) is 0 Å². The minimum atomic E-state index is -0.222. The van der Waals surface area contributed by atoms with Crippen LogP contribution in [-0.4, -0.2) is 20.7 Å². The van der Waals surface area contributed by atoms with E-state index < -0.39 is 0 Å². The predicted octanol–water partition coefficient (Wildman–Crippen LogP) is 2.75. The maximum absolute atomic E-state index is 12.1. The molecule has 0 aliphatic rings. The van der Waals surface area contributed by atoms with Crippen LogP contribution >= 0.6 is 11.6 Å². The van der Waals surface area contributed by atoms with Crippen LogP contribution in [0.4, 0.5) is 0 Å². The number of aryl methyl sites for hydroxylation is 1. The highest BCUT2D eigenvalue weighted by Gasteiger charge is 2.13. The molecule has 21 heavy (non-hydrogen) atoms. The van der Waals surface area contributed by atoms with Crippen LogP contribution < -0.4 is 5.32 Å². The fourth-order valence-corrected chi connectivity index (χ4v) is 2.34. The van der Waals surface area contributed by atoms with Crippen molar-refractivity contribution < 1.29 is 4.79 Å². The predicted molar refractivity (Wildman–Crippen MR) is 82.7 cm³/mol. The molecule has 5 nitrogen and oxygen atoms in total. The number of hydrogen-bond donors (Lipinski definition) is 1. The third-order valence-corrected chi connectivity index (χ3v) is 3.47. The van der Waals surface area contributed by atoms with Crippen molar-refractivity contribution in [1.82, 2.24) is 20.1 Å². The van der Waals surface area contributed by atoms with Gasteiger partial charge in [0.1, 0.15) is 6.33 Å². The molecule has 6 heteroatoms. The first kappa shape index (κ1) is 15.3. The molecule has 1 N–H and O–H groups in total. The Balaban J connectivity index is 2.09. The third-order valence-electron chi connectivity index (χ3n) is 3.14. The number of carbonyl (C=O) groups is 1. The normalized spacial score (nSPS) is 13.0. The monoisotopic (exact) mass is 304 g/mol. The van der Waals surface area contributed by atoms with Gasteiger partial charge in [-0.3, -0.25) is 4.79 Å². The van der Waals surface area contributed by atoms with E-state index in [-0.39, 0.29) is 11.9 Å². The van der Waals surface area contributed by atoms with Gasteiger partial charge in [0.25, 0.3) is 0 Å². The van der Waals surface area contributed by atoms with E-state index in [1.54, 1.807) is 17.0 Å². The fourth-order valence-electron chi connectivity index (χ4n) is 2.06. The van der Waals surface area contributed by atoms with Crippen molar-refractivity contribution in [3.05, 3.63) is 53.1 Å². The highest BCUT2D eigenvalue weighted by atomic mass is 35.5. The van der Waals surface area contributed by atoms with Gasteiger partial charge >= 0.3 is 0 Å². The molecule has 1 heterocycles. The summed E-state index contributed by atoms with van der Waals surface area (Å²) >= 11 is 6.12. The molecule has 1 amide bonds. The average molecular weight is 305 g/mol. The Morgan fingerprint density at radius 3 is 2.76 bits per heavy atom. The molecule has 0 radical (unpaired) electrons. The van der Waals surface area contributed by atoms with Crippen molar-refractivity contribution in [3.8, 4) is 0 Å². The topological polar surface area (TPSA) is 59.8 Å². The smallest absolute Gasteiger partial charge is 0.244 e. The van der Waals surface area contributed by atoms with E-state index >= 15 is 0 Å². The zero-order valence-corrected chi connectivity index (χ0v) is 12.9. The summed E-state index contributed by atoms with van der Waals surface area (Å²) in [5.41, 5.74) is 1.66. The van der Waals surface area contributed by atoms with Gasteiger partial charge in [0.15, 0.2) is 5.82 Å². The Kier molecular flexibility index (Phi) is 4.75. The molecule has 110 valence electrons. The van der Waals surface area contributed by atoms with Crippen molar-refractivity contribution in [2.24, 2.45) is 7.05 Å². The second-order valence-electron chi connectivity index (χ2n) is 4.84. The molecule has 1 aromatic carbocycles. The molecule has 0 aliphatic carbocycles. The second-order valence-corrected chi connectivity index (χ2v) is 5.24. The summed E-state index contributed by atoms with van der Waals surface area (Å²) in [6.07, 6.45) is 3.14. The van der Waals surface area contributed by atoms with Crippen molar-refractivity contribution in [1.29, 1.82) is 0 Å². The number of amides is 1. The number of nitrogens with one attached hydrogen (secondary N) is 1. The van der Waals surface area contributed by atoms with E-state index in [9.17, 15) is 4.79 Å². The molecule has 0 saturated carbocycles. The zero-order valence-electron chi connectivity index (χ0n) is 12.2. The van der Waals surface area contributed by atoms with E-state index in [2.05, 4.69) is 15.5 Å². The summed E-state index contributed by atoms with van der Waals surface area (Å²) in [5.74, 6) is 0.509. The molecule has 0 aliphatic heterocycles. The van der Waals surface area contributed by atoms with Crippen LogP contribution in [0, 0.1) is 0 Å². The molecule has 0 spiro atoms. The lowest BCUT2D eigenvalue weighted by molar-refractivity contribution is -0.117. The fraction of sp³-hybridized carbons (Fsp3) is 0.267. The second kappa shape index (κ2) is 6.54. The van der Waals surface area contributed by atoms with Crippen LogP contribution in [0.2, 0.25) is 5.02 Å². The summed E-state index contributed by atoms with van der Waals surface area (Å²) in [6.45, 7) is 3.72. The largest absolute Gasteiger partial charge is 0.343 e. The van der Waals surface area contributed by atoms with E-state index in [4.69, 9.17) is 11.6 Å². The van der Waals surface area contributed by atoms with E-state index in [1.807, 2.05) is 39.1 Å². The number of rotatable bonds is 4. The Bertz CT molecular complexity index is 678. The van der Waals surface area contributed by atoms with E-state index in [0.717, 1.165) is 11.1 Å². The Hall–Kier alpha value is -2.14. The average Bonchev–Trinajstić information content (AvgIpc) is 2.85. The highest BCUT2D eigenvalue weighted by Crippen LogP contribution is 2.22. The zero-order chi connectivity index (χ0) is 15.4. The van der Waals surface area contributed by atoms with Gasteiger partial charge < -0.3 is 9.88 Å². The molecular formula is C15H17ClN4O. The Morgan fingerprint density at radius 1 is 1.43 bits per heavy atom. The third kappa shape index (κ3) is 3.70. The molecule has 0 saturated heterocycles. The summed E-state index contributed by atoms with van der Waals surface area (Å²) in [7, 11) is 1.84. The first-order valence-corrected chi connectivity index (χ1v) is 6.94. The first-order chi connectivity index (χ1) is 9.99. The Morgan fingerprint density at radius 2 is 2.14 bits per heavy atom. The lowest BCUT2D eigenvalue weighted by atomic mass is 10.1. The summed E-state index contributed by atoms with van der Waals surface area (Å²) in [5, 5.41) is 11.3. The van der Waals surface area contributed by atoms with Gasteiger partial charge in [-0.15, -0.1) is 10.2 Å². The van der Waals surface area contributed by atoms with Crippen molar-refractivity contribution >= 4 is 23.1 Å². The van der Waals surface area contributed by atoms with Gasteiger partial charge in [-0.05, 0) is 31.1 Å². The number of benzene rings is 1. The van der Waals surface area contributed by atoms with Crippen LogP contribution in [0.5, 0.6) is 0 Å². The molecular weight excluding hydrogens is 288 g/mol. The van der Waals surface area contributed by atoms with Gasteiger partial charge in [-0.1, -0.05) is 29.8 Å². The highest BCUT2D eigenvalue weighted by molar-refractivity contribution is 6.32. The minimum Gasteiger partial charge on any atom is -0.343 e. The molecule has 2 rings (SSSR count). The minimum absolute atomic E-state index is 0.192. The molecule has 1 unspecified atom stereocenters. The summed E-state index contributed by atoms with van der Waals surface area (Å²) in [6, 6.07) is 7.20. The van der Waals surface area contributed by atoms with Crippen LogP contribution in [0.1, 0.15) is 31.3 Å². The van der Waals surface area contributed by atoms with Crippen LogP contribution in [-0.2, 0) is 11.8 Å². The quantitative estimate of drug-likeness (QED) is 0.884. The maximum atomic E-state index is 12.1. The molecule has 1 aromatic heterocycles. The number of halogens is 1. The molecule has 0 bridgehead atoms. The van der Waals surface area contributed by atoms with Gasteiger partial charge in [-0.25, -0.2) is 0 Å². The number of nitrogens with zero attached hydrogens (tertiary/aromatic N) is 3. The molecule has 0 fully saturated rings. The van der Waals surface area contributed by atoms with Crippen LogP contribution in [0.25, 0.3) is 5.57 Å². The van der Waals surface area contributed by atoms with Crippen LogP contribution in [0.3, 0.4) is 0 Å². The van der Waals surface area contributed by atoms with Crippen LogP contribution in [0.15, 0.2) is 36.7 Å². The number of hydrogen-bond acceptors (Lipinski definition) is 3.